The fraction of sp³-hybridized carbons (Fsp3) is 0.571. The molecule has 3 rings (SSSR count). The van der Waals surface area contributed by atoms with Crippen LogP contribution in [-0.2, 0) is 15.8 Å². The maximum atomic E-state index is 12.2. The first-order valence-electron chi connectivity index (χ1n) is 6.76. The second-order valence-corrected chi connectivity index (χ2v) is 7.98. The van der Waals surface area contributed by atoms with Gasteiger partial charge in [-0.3, -0.25) is 0 Å². The molecule has 0 aliphatic heterocycles. The molecule has 2 bridgehead atoms. The van der Waals surface area contributed by atoms with Crippen molar-refractivity contribution in [3.8, 4) is 0 Å². The summed E-state index contributed by atoms with van der Waals surface area (Å²) in [5.74, 6) is 1.34. The highest BCUT2D eigenvalue weighted by Crippen LogP contribution is 2.44. The van der Waals surface area contributed by atoms with E-state index < -0.39 is 10.0 Å². The molecular weight excluding hydrogens is 282 g/mol. The van der Waals surface area contributed by atoms with Gasteiger partial charge in [0, 0.05) is 11.1 Å². The van der Waals surface area contributed by atoms with Crippen LogP contribution in [0, 0.1) is 11.8 Å². The smallest absolute Gasteiger partial charge is 0.212 e. The van der Waals surface area contributed by atoms with E-state index in [1.165, 1.54) is 19.3 Å². The molecule has 1 aromatic carbocycles. The standard InChI is InChI=1S/C14H18ClNO2S/c15-13-5-2-10(3-6-13)9-19(17,18)16-14-8-11-1-4-12(14)7-11/h2-3,5-6,11-12,14,16H,1,4,7-9H2/t11-,12-,14+/m1/s1. The van der Waals surface area contributed by atoms with Gasteiger partial charge in [-0.1, -0.05) is 30.2 Å². The third-order valence-electron chi connectivity index (χ3n) is 4.34. The third-order valence-corrected chi connectivity index (χ3v) is 5.97. The predicted molar refractivity (Wildman–Crippen MR) is 76.4 cm³/mol. The van der Waals surface area contributed by atoms with Crippen molar-refractivity contribution in [3.05, 3.63) is 34.9 Å². The first-order chi connectivity index (χ1) is 9.02. The minimum Gasteiger partial charge on any atom is -0.212 e. The molecule has 2 saturated carbocycles. The number of hydrogen-bond donors (Lipinski definition) is 1. The van der Waals surface area contributed by atoms with Crippen molar-refractivity contribution >= 4 is 21.6 Å². The highest BCUT2D eigenvalue weighted by Gasteiger charge is 2.40. The number of sulfonamides is 1. The minimum absolute atomic E-state index is 0.0397. The maximum absolute atomic E-state index is 12.2. The zero-order chi connectivity index (χ0) is 13.5. The monoisotopic (exact) mass is 299 g/mol. The van der Waals surface area contributed by atoms with Crippen LogP contribution in [0.4, 0.5) is 0 Å². The van der Waals surface area contributed by atoms with Crippen LogP contribution in [0.2, 0.25) is 5.02 Å². The molecule has 0 unspecified atom stereocenters. The van der Waals surface area contributed by atoms with E-state index in [1.54, 1.807) is 24.3 Å². The molecule has 1 N–H and O–H groups in total. The lowest BCUT2D eigenvalue weighted by Gasteiger charge is -2.22. The number of rotatable bonds is 4. The number of nitrogens with one attached hydrogen (secondary N) is 1. The molecule has 0 radical (unpaired) electrons. The molecule has 0 spiro atoms. The van der Waals surface area contributed by atoms with E-state index in [2.05, 4.69) is 4.72 Å². The molecule has 2 aliphatic rings. The fourth-order valence-corrected chi connectivity index (χ4v) is 5.05. The molecular formula is C14H18ClNO2S. The summed E-state index contributed by atoms with van der Waals surface area (Å²) in [7, 11) is -3.25. The predicted octanol–water partition coefficient (Wildman–Crippen LogP) is 2.95. The first kappa shape index (κ1) is 13.4. The van der Waals surface area contributed by atoms with Gasteiger partial charge in [-0.25, -0.2) is 13.1 Å². The second kappa shape index (κ2) is 5.08. The summed E-state index contributed by atoms with van der Waals surface area (Å²) in [6, 6.07) is 7.15. The van der Waals surface area contributed by atoms with Crippen LogP contribution >= 0.6 is 11.6 Å². The van der Waals surface area contributed by atoms with Crippen molar-refractivity contribution in [2.24, 2.45) is 11.8 Å². The van der Waals surface area contributed by atoms with Gasteiger partial charge in [0.2, 0.25) is 10.0 Å². The summed E-state index contributed by atoms with van der Waals surface area (Å²) in [6.45, 7) is 0. The Hall–Kier alpha value is -0.580. The molecule has 2 aliphatic carbocycles. The summed E-state index contributed by atoms with van der Waals surface area (Å²) in [5.41, 5.74) is 0.778. The topological polar surface area (TPSA) is 46.2 Å². The summed E-state index contributed by atoms with van der Waals surface area (Å²) in [6.07, 6.45) is 4.68. The van der Waals surface area contributed by atoms with Gasteiger partial charge in [0.15, 0.2) is 0 Å². The van der Waals surface area contributed by atoms with Crippen molar-refractivity contribution in [1.29, 1.82) is 0 Å². The van der Waals surface area contributed by atoms with Crippen LogP contribution in [0.5, 0.6) is 0 Å². The van der Waals surface area contributed by atoms with E-state index in [0.717, 1.165) is 17.9 Å². The van der Waals surface area contributed by atoms with Crippen LogP contribution in [0.25, 0.3) is 0 Å². The molecule has 104 valence electrons. The Morgan fingerprint density at radius 3 is 2.47 bits per heavy atom. The van der Waals surface area contributed by atoms with Gasteiger partial charge in [-0.05, 0) is 48.8 Å². The summed E-state index contributed by atoms with van der Waals surface area (Å²) in [5, 5.41) is 0.627. The second-order valence-electron chi connectivity index (χ2n) is 5.78. The zero-order valence-corrected chi connectivity index (χ0v) is 12.3. The zero-order valence-electron chi connectivity index (χ0n) is 10.7. The third kappa shape index (κ3) is 3.12. The molecule has 2 fully saturated rings. The lowest BCUT2D eigenvalue weighted by molar-refractivity contribution is 0.390. The van der Waals surface area contributed by atoms with Crippen molar-refractivity contribution in [1.82, 2.24) is 4.72 Å². The van der Waals surface area contributed by atoms with Gasteiger partial charge in [0.25, 0.3) is 0 Å². The van der Waals surface area contributed by atoms with Gasteiger partial charge >= 0.3 is 0 Å². The largest absolute Gasteiger partial charge is 0.216 e. The highest BCUT2D eigenvalue weighted by atomic mass is 35.5. The summed E-state index contributed by atoms with van der Waals surface area (Å²) < 4.78 is 27.2. The molecule has 5 heteroatoms. The van der Waals surface area contributed by atoms with E-state index in [0.29, 0.717) is 10.9 Å². The molecule has 1 aromatic rings. The normalized spacial score (nSPS) is 29.8. The lowest BCUT2D eigenvalue weighted by Crippen LogP contribution is -2.39. The average Bonchev–Trinajstić information content (AvgIpc) is 2.93. The Kier molecular flexibility index (Phi) is 3.58. The Labute approximate surface area is 119 Å². The average molecular weight is 300 g/mol. The highest BCUT2D eigenvalue weighted by molar-refractivity contribution is 7.88. The molecule has 0 amide bonds. The first-order valence-corrected chi connectivity index (χ1v) is 8.79. The Morgan fingerprint density at radius 2 is 1.89 bits per heavy atom. The lowest BCUT2D eigenvalue weighted by atomic mass is 9.96. The van der Waals surface area contributed by atoms with Gasteiger partial charge < -0.3 is 0 Å². The summed E-state index contributed by atoms with van der Waals surface area (Å²) in [4.78, 5) is 0. The van der Waals surface area contributed by atoms with E-state index in [9.17, 15) is 8.42 Å². The van der Waals surface area contributed by atoms with Gasteiger partial charge in [-0.2, -0.15) is 0 Å². The molecule has 3 nitrogen and oxygen atoms in total. The number of hydrogen-bond acceptors (Lipinski definition) is 2. The van der Waals surface area contributed by atoms with Crippen molar-refractivity contribution in [3.63, 3.8) is 0 Å². The Balaban J connectivity index is 1.64. The maximum Gasteiger partial charge on any atom is 0.216 e. The quantitative estimate of drug-likeness (QED) is 0.929. The molecule has 0 heterocycles. The van der Waals surface area contributed by atoms with E-state index in [1.807, 2.05) is 0 Å². The van der Waals surface area contributed by atoms with Gasteiger partial charge in [0.05, 0.1) is 5.75 Å². The van der Waals surface area contributed by atoms with Crippen LogP contribution in [0.15, 0.2) is 24.3 Å². The summed E-state index contributed by atoms with van der Waals surface area (Å²) >= 11 is 5.80. The SMILES string of the molecule is O=S(=O)(Cc1ccc(Cl)cc1)N[C@H]1C[C@@H]2CC[C@@H]1C2. The fourth-order valence-electron chi connectivity index (χ4n) is 3.46. The number of benzene rings is 1. The molecule has 3 atom stereocenters. The van der Waals surface area contributed by atoms with Crippen LogP contribution < -0.4 is 4.72 Å². The van der Waals surface area contributed by atoms with Gasteiger partial charge in [-0.15, -0.1) is 0 Å². The number of fused-ring (bicyclic) bond motifs is 2. The van der Waals surface area contributed by atoms with Crippen LogP contribution in [0.3, 0.4) is 0 Å². The Bertz CT molecular complexity index is 555. The molecule has 0 aromatic heterocycles. The van der Waals surface area contributed by atoms with Gasteiger partial charge in [0.1, 0.15) is 0 Å². The van der Waals surface area contributed by atoms with E-state index in [4.69, 9.17) is 11.6 Å². The van der Waals surface area contributed by atoms with Crippen molar-refractivity contribution in [2.75, 3.05) is 0 Å². The van der Waals surface area contributed by atoms with Crippen LogP contribution in [-0.4, -0.2) is 14.5 Å². The minimum atomic E-state index is -3.25. The molecule has 19 heavy (non-hydrogen) atoms. The Morgan fingerprint density at radius 1 is 1.16 bits per heavy atom. The van der Waals surface area contributed by atoms with Crippen LogP contribution in [0.1, 0.15) is 31.2 Å². The van der Waals surface area contributed by atoms with Crippen molar-refractivity contribution in [2.45, 2.75) is 37.5 Å². The number of halogens is 1. The molecule has 0 saturated heterocycles. The van der Waals surface area contributed by atoms with Crippen molar-refractivity contribution < 1.29 is 8.42 Å². The van der Waals surface area contributed by atoms with E-state index >= 15 is 0 Å². The van der Waals surface area contributed by atoms with E-state index in [-0.39, 0.29) is 11.8 Å².